The van der Waals surface area contributed by atoms with E-state index in [4.69, 9.17) is 21.1 Å². The Balaban J connectivity index is 1.87. The lowest BCUT2D eigenvalue weighted by Crippen LogP contribution is -2.31. The predicted molar refractivity (Wildman–Crippen MR) is 91.2 cm³/mol. The molecule has 2 aromatic rings. The topological polar surface area (TPSA) is 64.6 Å². The minimum absolute atomic E-state index is 0.000862. The fourth-order valence-electron chi connectivity index (χ4n) is 2.12. The van der Waals surface area contributed by atoms with E-state index in [2.05, 4.69) is 5.32 Å². The highest BCUT2D eigenvalue weighted by atomic mass is 35.5. The van der Waals surface area contributed by atoms with E-state index in [0.29, 0.717) is 5.75 Å². The van der Waals surface area contributed by atoms with E-state index in [1.807, 2.05) is 12.1 Å². The van der Waals surface area contributed by atoms with Gasteiger partial charge < -0.3 is 14.8 Å². The molecular formula is C18H17ClFNO4. The van der Waals surface area contributed by atoms with Crippen LogP contribution in [0.4, 0.5) is 4.39 Å². The van der Waals surface area contributed by atoms with Crippen LogP contribution in [0, 0.1) is 5.82 Å². The van der Waals surface area contributed by atoms with E-state index in [1.165, 1.54) is 6.07 Å². The van der Waals surface area contributed by atoms with Crippen LogP contribution in [0.15, 0.2) is 42.5 Å². The number of carbonyl (C=O) groups is 2. The largest absolute Gasteiger partial charge is 0.497 e. The summed E-state index contributed by atoms with van der Waals surface area (Å²) in [6.07, 6.45) is 0. The molecule has 7 heteroatoms. The molecule has 0 aliphatic carbocycles. The Kier molecular flexibility index (Phi) is 6.36. The fraction of sp³-hybridized carbons (Fsp3) is 0.222. The van der Waals surface area contributed by atoms with Crippen molar-refractivity contribution < 1.29 is 23.5 Å². The van der Waals surface area contributed by atoms with Crippen LogP contribution in [0.5, 0.6) is 5.75 Å². The summed E-state index contributed by atoms with van der Waals surface area (Å²) in [5.41, 5.74) is 0.876. The summed E-state index contributed by atoms with van der Waals surface area (Å²) in [4.78, 5) is 23.8. The normalized spacial score (nSPS) is 11.5. The van der Waals surface area contributed by atoms with Crippen LogP contribution in [0.1, 0.15) is 28.9 Å². The zero-order valence-electron chi connectivity index (χ0n) is 13.7. The molecule has 0 bridgehead atoms. The molecule has 0 aromatic heterocycles. The van der Waals surface area contributed by atoms with Gasteiger partial charge in [-0.25, -0.2) is 9.18 Å². The van der Waals surface area contributed by atoms with Crippen LogP contribution in [-0.2, 0) is 9.53 Å². The first-order valence-electron chi connectivity index (χ1n) is 7.46. The molecule has 0 radical (unpaired) electrons. The average Bonchev–Trinajstić information content (AvgIpc) is 2.59. The van der Waals surface area contributed by atoms with Gasteiger partial charge >= 0.3 is 5.97 Å². The summed E-state index contributed by atoms with van der Waals surface area (Å²) >= 11 is 5.78. The minimum Gasteiger partial charge on any atom is -0.497 e. The standard InChI is InChI=1S/C18H17ClFNO4/c1-11(12-3-6-14(24-2)7-4-12)21-17(22)10-25-18(23)15-8-5-13(20)9-16(15)19/h3-9,11H,10H2,1-2H3,(H,21,22)/t11-/m0/s1. The third-order valence-electron chi connectivity index (χ3n) is 3.48. The second-order valence-corrected chi connectivity index (χ2v) is 5.67. The first kappa shape index (κ1) is 18.7. The third-order valence-corrected chi connectivity index (χ3v) is 3.79. The molecule has 0 fully saturated rings. The molecule has 0 aliphatic heterocycles. The maximum absolute atomic E-state index is 13.0. The van der Waals surface area contributed by atoms with Crippen LogP contribution in [0.25, 0.3) is 0 Å². The first-order chi connectivity index (χ1) is 11.9. The van der Waals surface area contributed by atoms with Crippen molar-refractivity contribution in [3.05, 3.63) is 64.4 Å². The molecule has 0 saturated carbocycles. The smallest absolute Gasteiger partial charge is 0.340 e. The van der Waals surface area contributed by atoms with Gasteiger partial charge in [-0.05, 0) is 42.8 Å². The van der Waals surface area contributed by atoms with E-state index in [0.717, 1.165) is 17.7 Å². The molecule has 2 rings (SSSR count). The Labute approximate surface area is 149 Å². The Hall–Kier alpha value is -2.60. The molecule has 1 atom stereocenters. The van der Waals surface area contributed by atoms with Crippen LogP contribution < -0.4 is 10.1 Å². The molecule has 2 aromatic carbocycles. The lowest BCUT2D eigenvalue weighted by atomic mass is 10.1. The highest BCUT2D eigenvalue weighted by molar-refractivity contribution is 6.33. The number of esters is 1. The number of amides is 1. The summed E-state index contributed by atoms with van der Waals surface area (Å²) in [5.74, 6) is -1.10. The van der Waals surface area contributed by atoms with Gasteiger partial charge in [0.1, 0.15) is 11.6 Å². The molecule has 132 valence electrons. The van der Waals surface area contributed by atoms with Gasteiger partial charge in [-0.2, -0.15) is 0 Å². The van der Waals surface area contributed by atoms with Crippen LogP contribution in [0.2, 0.25) is 5.02 Å². The Morgan fingerprint density at radius 2 is 1.88 bits per heavy atom. The summed E-state index contributed by atoms with van der Waals surface area (Å²) in [7, 11) is 1.57. The van der Waals surface area contributed by atoms with Gasteiger partial charge in [0.2, 0.25) is 0 Å². The van der Waals surface area contributed by atoms with E-state index >= 15 is 0 Å². The predicted octanol–water partition coefficient (Wildman–Crippen LogP) is 3.52. The quantitative estimate of drug-likeness (QED) is 0.795. The van der Waals surface area contributed by atoms with E-state index in [9.17, 15) is 14.0 Å². The summed E-state index contributed by atoms with van der Waals surface area (Å²) in [6.45, 7) is 1.34. The molecule has 5 nitrogen and oxygen atoms in total. The molecule has 0 spiro atoms. The lowest BCUT2D eigenvalue weighted by Gasteiger charge is -2.15. The molecular weight excluding hydrogens is 349 g/mol. The molecule has 0 saturated heterocycles. The van der Waals surface area contributed by atoms with Crippen molar-refractivity contribution >= 4 is 23.5 Å². The van der Waals surface area contributed by atoms with Crippen molar-refractivity contribution in [2.24, 2.45) is 0 Å². The highest BCUT2D eigenvalue weighted by Crippen LogP contribution is 2.19. The first-order valence-corrected chi connectivity index (χ1v) is 7.84. The van der Waals surface area contributed by atoms with Gasteiger partial charge in [-0.15, -0.1) is 0 Å². The molecule has 1 N–H and O–H groups in total. The summed E-state index contributed by atoms with van der Waals surface area (Å²) in [5, 5.41) is 2.64. The number of nitrogens with one attached hydrogen (secondary N) is 1. The van der Waals surface area contributed by atoms with Crippen molar-refractivity contribution in [3.8, 4) is 5.75 Å². The number of hydrogen-bond acceptors (Lipinski definition) is 4. The average molecular weight is 366 g/mol. The Morgan fingerprint density at radius 1 is 1.20 bits per heavy atom. The van der Waals surface area contributed by atoms with E-state index in [1.54, 1.807) is 26.2 Å². The number of ether oxygens (including phenoxy) is 2. The molecule has 25 heavy (non-hydrogen) atoms. The number of hydrogen-bond donors (Lipinski definition) is 1. The molecule has 0 aliphatic rings. The fourth-order valence-corrected chi connectivity index (χ4v) is 2.37. The second-order valence-electron chi connectivity index (χ2n) is 5.26. The van der Waals surface area contributed by atoms with Crippen LogP contribution >= 0.6 is 11.6 Å². The zero-order valence-corrected chi connectivity index (χ0v) is 14.5. The summed E-state index contributed by atoms with van der Waals surface area (Å²) in [6, 6.07) is 10.3. The summed E-state index contributed by atoms with van der Waals surface area (Å²) < 4.78 is 22.9. The molecule has 0 unspecified atom stereocenters. The maximum Gasteiger partial charge on any atom is 0.340 e. The van der Waals surface area contributed by atoms with Gasteiger partial charge in [-0.1, -0.05) is 23.7 Å². The number of benzene rings is 2. The van der Waals surface area contributed by atoms with Gasteiger partial charge in [0.05, 0.1) is 23.7 Å². The van der Waals surface area contributed by atoms with Crippen LogP contribution in [0.3, 0.4) is 0 Å². The number of methoxy groups -OCH3 is 1. The van der Waals surface area contributed by atoms with E-state index in [-0.39, 0.29) is 16.6 Å². The number of halogens is 2. The van der Waals surface area contributed by atoms with Gasteiger partial charge in [0.15, 0.2) is 6.61 Å². The molecule has 0 heterocycles. The van der Waals surface area contributed by atoms with Crippen molar-refractivity contribution in [2.75, 3.05) is 13.7 Å². The van der Waals surface area contributed by atoms with Crippen molar-refractivity contribution in [3.63, 3.8) is 0 Å². The van der Waals surface area contributed by atoms with Crippen molar-refractivity contribution in [2.45, 2.75) is 13.0 Å². The maximum atomic E-state index is 13.0. The van der Waals surface area contributed by atoms with Gasteiger partial charge in [0.25, 0.3) is 5.91 Å². The van der Waals surface area contributed by atoms with Crippen LogP contribution in [-0.4, -0.2) is 25.6 Å². The van der Waals surface area contributed by atoms with Crippen molar-refractivity contribution in [1.82, 2.24) is 5.32 Å². The van der Waals surface area contributed by atoms with E-state index < -0.39 is 24.3 Å². The van der Waals surface area contributed by atoms with Gasteiger partial charge in [-0.3, -0.25) is 4.79 Å². The van der Waals surface area contributed by atoms with Gasteiger partial charge in [0, 0.05) is 0 Å². The van der Waals surface area contributed by atoms with Crippen molar-refractivity contribution in [1.29, 1.82) is 0 Å². The number of carbonyl (C=O) groups excluding carboxylic acids is 2. The number of rotatable bonds is 6. The second kappa shape index (κ2) is 8.48. The highest BCUT2D eigenvalue weighted by Gasteiger charge is 2.16. The Bertz CT molecular complexity index is 764. The third kappa shape index (κ3) is 5.19. The molecule has 1 amide bonds. The Morgan fingerprint density at radius 3 is 2.48 bits per heavy atom. The SMILES string of the molecule is COc1ccc([C@H](C)NC(=O)COC(=O)c2ccc(F)cc2Cl)cc1. The monoisotopic (exact) mass is 365 g/mol. The zero-order chi connectivity index (χ0) is 18.4. The lowest BCUT2D eigenvalue weighted by molar-refractivity contribution is -0.124. The minimum atomic E-state index is -0.794.